The van der Waals surface area contributed by atoms with Crippen LogP contribution in [0.15, 0.2) is 36.4 Å². The molecule has 0 aliphatic rings. The fraction of sp³-hybridized carbons (Fsp3) is 0. The fourth-order valence-corrected chi connectivity index (χ4v) is 1.48. The highest BCUT2D eigenvalue weighted by atomic mass is 19.2. The van der Waals surface area contributed by atoms with Crippen molar-refractivity contribution in [3.05, 3.63) is 48.0 Å². The van der Waals surface area contributed by atoms with Gasteiger partial charge < -0.3 is 10.2 Å². The van der Waals surface area contributed by atoms with Gasteiger partial charge in [0, 0.05) is 5.56 Å². The second-order valence-corrected chi connectivity index (χ2v) is 3.27. The zero-order valence-corrected chi connectivity index (χ0v) is 8.11. The average Bonchev–Trinajstić information content (AvgIpc) is 2.27. The van der Waals surface area contributed by atoms with E-state index in [1.165, 1.54) is 12.1 Å². The monoisotopic (exact) mass is 222 g/mol. The SMILES string of the molecule is Oc1ccccc1-c1c(O)ccc(F)c1F. The van der Waals surface area contributed by atoms with Gasteiger partial charge in [-0.05, 0) is 18.2 Å². The Balaban J connectivity index is 2.74. The van der Waals surface area contributed by atoms with E-state index in [2.05, 4.69) is 0 Å². The van der Waals surface area contributed by atoms with Gasteiger partial charge in [-0.15, -0.1) is 0 Å². The first-order chi connectivity index (χ1) is 7.61. The van der Waals surface area contributed by atoms with Gasteiger partial charge in [0.05, 0.1) is 5.56 Å². The molecule has 0 radical (unpaired) electrons. The Morgan fingerprint density at radius 3 is 2.19 bits per heavy atom. The van der Waals surface area contributed by atoms with Gasteiger partial charge in [0.2, 0.25) is 0 Å². The van der Waals surface area contributed by atoms with Crippen molar-refractivity contribution >= 4 is 0 Å². The molecule has 0 atom stereocenters. The topological polar surface area (TPSA) is 40.5 Å². The van der Waals surface area contributed by atoms with Crippen LogP contribution in [-0.2, 0) is 0 Å². The van der Waals surface area contributed by atoms with Gasteiger partial charge in [-0.25, -0.2) is 8.78 Å². The molecule has 2 aromatic carbocycles. The third kappa shape index (κ3) is 1.58. The number of hydrogen-bond donors (Lipinski definition) is 2. The maximum absolute atomic E-state index is 13.5. The lowest BCUT2D eigenvalue weighted by atomic mass is 10.0. The molecule has 2 N–H and O–H groups in total. The summed E-state index contributed by atoms with van der Waals surface area (Å²) in [6.45, 7) is 0. The smallest absolute Gasteiger partial charge is 0.170 e. The van der Waals surface area contributed by atoms with E-state index in [9.17, 15) is 19.0 Å². The Labute approximate surface area is 90.4 Å². The first-order valence-corrected chi connectivity index (χ1v) is 4.56. The lowest BCUT2D eigenvalue weighted by Gasteiger charge is -2.08. The average molecular weight is 222 g/mol. The fourth-order valence-electron chi connectivity index (χ4n) is 1.48. The summed E-state index contributed by atoms with van der Waals surface area (Å²) in [6.07, 6.45) is 0. The molecule has 2 nitrogen and oxygen atoms in total. The van der Waals surface area contributed by atoms with Gasteiger partial charge in [0.15, 0.2) is 11.6 Å². The molecule has 0 saturated carbocycles. The van der Waals surface area contributed by atoms with Gasteiger partial charge in [-0.3, -0.25) is 0 Å². The molecule has 0 aliphatic heterocycles. The van der Waals surface area contributed by atoms with Crippen LogP contribution in [0.2, 0.25) is 0 Å². The number of phenols is 2. The number of benzene rings is 2. The van der Waals surface area contributed by atoms with E-state index < -0.39 is 17.4 Å². The highest BCUT2D eigenvalue weighted by molar-refractivity contribution is 5.75. The molecule has 2 rings (SSSR count). The van der Waals surface area contributed by atoms with Gasteiger partial charge in [0.1, 0.15) is 11.5 Å². The van der Waals surface area contributed by atoms with Crippen molar-refractivity contribution in [1.29, 1.82) is 0 Å². The molecule has 4 heteroatoms. The Hall–Kier alpha value is -2.10. The molecular formula is C12H8F2O2. The summed E-state index contributed by atoms with van der Waals surface area (Å²) in [5.74, 6) is -2.89. The van der Waals surface area contributed by atoms with Crippen molar-refractivity contribution in [3.8, 4) is 22.6 Å². The molecule has 0 fully saturated rings. The number of halogens is 2. The molecular weight excluding hydrogens is 214 g/mol. The molecule has 0 unspecified atom stereocenters. The van der Waals surface area contributed by atoms with Gasteiger partial charge in [-0.1, -0.05) is 18.2 Å². The van der Waals surface area contributed by atoms with Crippen molar-refractivity contribution in [2.24, 2.45) is 0 Å². The lowest BCUT2D eigenvalue weighted by Crippen LogP contribution is -1.90. The highest BCUT2D eigenvalue weighted by Crippen LogP contribution is 2.37. The molecule has 2 aromatic rings. The third-order valence-corrected chi connectivity index (χ3v) is 2.25. The minimum absolute atomic E-state index is 0.0528. The van der Waals surface area contributed by atoms with E-state index in [0.717, 1.165) is 12.1 Å². The maximum atomic E-state index is 13.5. The van der Waals surface area contributed by atoms with Crippen LogP contribution >= 0.6 is 0 Å². The Morgan fingerprint density at radius 1 is 0.812 bits per heavy atom. The molecule has 0 heterocycles. The van der Waals surface area contributed by atoms with E-state index >= 15 is 0 Å². The molecule has 0 aliphatic carbocycles. The summed E-state index contributed by atoms with van der Waals surface area (Å²) in [4.78, 5) is 0. The Morgan fingerprint density at radius 2 is 1.50 bits per heavy atom. The summed E-state index contributed by atoms with van der Waals surface area (Å²) < 4.78 is 26.5. The second kappa shape index (κ2) is 3.81. The molecule has 82 valence electrons. The lowest BCUT2D eigenvalue weighted by molar-refractivity contribution is 0.453. The van der Waals surface area contributed by atoms with E-state index in [-0.39, 0.29) is 16.9 Å². The van der Waals surface area contributed by atoms with E-state index in [0.29, 0.717) is 0 Å². The summed E-state index contributed by atoms with van der Waals surface area (Å²) in [6, 6.07) is 7.70. The number of para-hydroxylation sites is 1. The summed E-state index contributed by atoms with van der Waals surface area (Å²) in [7, 11) is 0. The number of aromatic hydroxyl groups is 2. The molecule has 0 amide bonds. The van der Waals surface area contributed by atoms with Crippen LogP contribution < -0.4 is 0 Å². The van der Waals surface area contributed by atoms with Crippen LogP contribution in [0.4, 0.5) is 8.78 Å². The number of rotatable bonds is 1. The second-order valence-electron chi connectivity index (χ2n) is 3.27. The molecule has 0 spiro atoms. The highest BCUT2D eigenvalue weighted by Gasteiger charge is 2.17. The molecule has 0 saturated heterocycles. The van der Waals surface area contributed by atoms with Crippen molar-refractivity contribution in [2.75, 3.05) is 0 Å². The van der Waals surface area contributed by atoms with E-state index in [1.807, 2.05) is 0 Å². The number of hydrogen-bond acceptors (Lipinski definition) is 2. The van der Waals surface area contributed by atoms with Crippen LogP contribution in [0.25, 0.3) is 11.1 Å². The summed E-state index contributed by atoms with van der Waals surface area (Å²) >= 11 is 0. The zero-order valence-electron chi connectivity index (χ0n) is 8.11. The molecule has 0 aromatic heterocycles. The minimum Gasteiger partial charge on any atom is -0.507 e. The Bertz CT molecular complexity index is 539. The van der Waals surface area contributed by atoms with Gasteiger partial charge in [-0.2, -0.15) is 0 Å². The quantitative estimate of drug-likeness (QED) is 0.778. The molecule has 16 heavy (non-hydrogen) atoms. The maximum Gasteiger partial charge on any atom is 0.170 e. The van der Waals surface area contributed by atoms with Crippen molar-refractivity contribution in [2.45, 2.75) is 0 Å². The van der Waals surface area contributed by atoms with Crippen LogP contribution in [0.1, 0.15) is 0 Å². The predicted molar refractivity (Wildman–Crippen MR) is 55.1 cm³/mol. The zero-order chi connectivity index (χ0) is 11.7. The largest absolute Gasteiger partial charge is 0.507 e. The van der Waals surface area contributed by atoms with Crippen LogP contribution in [-0.4, -0.2) is 10.2 Å². The van der Waals surface area contributed by atoms with Gasteiger partial charge in [0.25, 0.3) is 0 Å². The minimum atomic E-state index is -1.18. The number of phenolic OH excluding ortho intramolecular Hbond substituents is 2. The van der Waals surface area contributed by atoms with Crippen LogP contribution in [0.5, 0.6) is 11.5 Å². The summed E-state index contributed by atoms with van der Waals surface area (Å²) in [5, 5.41) is 19.0. The van der Waals surface area contributed by atoms with Crippen molar-refractivity contribution in [1.82, 2.24) is 0 Å². The van der Waals surface area contributed by atoms with Crippen LogP contribution in [0.3, 0.4) is 0 Å². The third-order valence-electron chi connectivity index (χ3n) is 2.25. The molecule has 0 bridgehead atoms. The van der Waals surface area contributed by atoms with E-state index in [4.69, 9.17) is 0 Å². The normalized spacial score (nSPS) is 10.4. The van der Waals surface area contributed by atoms with Crippen molar-refractivity contribution in [3.63, 3.8) is 0 Å². The first-order valence-electron chi connectivity index (χ1n) is 4.56. The van der Waals surface area contributed by atoms with E-state index in [1.54, 1.807) is 12.1 Å². The summed E-state index contributed by atoms with van der Waals surface area (Å²) in [5.41, 5.74) is -0.282. The standard InChI is InChI=1S/C12H8F2O2/c13-8-5-6-10(16)11(12(8)14)7-3-1-2-4-9(7)15/h1-6,15-16H. The van der Waals surface area contributed by atoms with Crippen molar-refractivity contribution < 1.29 is 19.0 Å². The van der Waals surface area contributed by atoms with Crippen LogP contribution in [0, 0.1) is 11.6 Å². The van der Waals surface area contributed by atoms with Gasteiger partial charge >= 0.3 is 0 Å². The Kier molecular flexibility index (Phi) is 2.48. The first kappa shape index (κ1) is 10.4. The predicted octanol–water partition coefficient (Wildman–Crippen LogP) is 3.04.